The summed E-state index contributed by atoms with van der Waals surface area (Å²) in [6, 6.07) is 0.675. The summed E-state index contributed by atoms with van der Waals surface area (Å²) in [5.74, 6) is 0.103. The van der Waals surface area contributed by atoms with Crippen molar-refractivity contribution in [1.29, 1.82) is 0 Å². The Kier molecular flexibility index (Phi) is 4.08. The van der Waals surface area contributed by atoms with E-state index in [1.165, 1.54) is 16.8 Å². The van der Waals surface area contributed by atoms with Gasteiger partial charge in [-0.2, -0.15) is 0 Å². The molecule has 0 amide bonds. The van der Waals surface area contributed by atoms with Crippen LogP contribution in [0.1, 0.15) is 4.94 Å². The Bertz CT molecular complexity index is 571. The van der Waals surface area contributed by atoms with Gasteiger partial charge in [-0.25, -0.2) is 0 Å². The van der Waals surface area contributed by atoms with Gasteiger partial charge in [0.05, 0.1) is 0 Å². The van der Waals surface area contributed by atoms with E-state index in [0.717, 1.165) is 0 Å². The van der Waals surface area contributed by atoms with E-state index in [-0.39, 0.29) is 32.2 Å². The average Bonchev–Trinajstić information content (AvgIpc) is 2.68. The van der Waals surface area contributed by atoms with E-state index >= 15 is 0 Å². The number of aromatic nitrogens is 2. The number of nitrogens with two attached hydrogens (primary N) is 1. The summed E-state index contributed by atoms with van der Waals surface area (Å²) in [5.41, 5.74) is 13.4. The molecule has 1 aromatic heterocycles. The number of anilines is 1. The molecule has 0 spiro atoms. The van der Waals surface area contributed by atoms with Crippen molar-refractivity contribution in [2.75, 3.05) is 12.3 Å². The van der Waals surface area contributed by atoms with E-state index in [4.69, 9.17) is 11.3 Å². The number of hydrogen-bond donors (Lipinski definition) is 3. The molecule has 0 aliphatic carbocycles. The van der Waals surface area contributed by atoms with Gasteiger partial charge in [-0.1, -0.05) is 0 Å². The molecule has 2 heterocycles. The molecule has 1 fully saturated rings. The van der Waals surface area contributed by atoms with E-state index in [9.17, 15) is 15.0 Å². The number of rotatable bonds is 3. The van der Waals surface area contributed by atoms with Crippen LogP contribution in [0.2, 0.25) is 4.82 Å². The maximum atomic E-state index is 11.8. The third-order valence-electron chi connectivity index (χ3n) is 2.83. The van der Waals surface area contributed by atoms with Gasteiger partial charge in [0, 0.05) is 0 Å². The minimum atomic E-state index is -0.963. The summed E-state index contributed by atoms with van der Waals surface area (Å²) in [5, 5.41) is 22.7. The molecule has 4 atom stereocenters. The number of nitrogens with zero attached hydrogens (tertiary/aromatic N) is 5. The van der Waals surface area contributed by atoms with E-state index < -0.39 is 22.8 Å². The van der Waals surface area contributed by atoms with Crippen LogP contribution in [0.3, 0.4) is 0 Å². The second-order valence-electron chi connectivity index (χ2n) is 3.98. The first kappa shape index (κ1) is 13.9. The van der Waals surface area contributed by atoms with E-state index in [2.05, 4.69) is 15.0 Å². The van der Waals surface area contributed by atoms with Crippen LogP contribution in [0.15, 0.2) is 22.2 Å². The van der Waals surface area contributed by atoms with E-state index in [1.807, 2.05) is 0 Å². The van der Waals surface area contributed by atoms with E-state index in [1.54, 1.807) is 0 Å². The van der Waals surface area contributed by atoms with Crippen molar-refractivity contribution in [1.82, 2.24) is 9.55 Å². The van der Waals surface area contributed by atoms with Crippen LogP contribution < -0.4 is 11.4 Å². The molecule has 1 aliphatic rings. The number of azide groups is 1. The van der Waals surface area contributed by atoms with Crippen molar-refractivity contribution in [2.45, 2.75) is 21.9 Å². The molecular formula is C9H12N6O3Se. The molecule has 1 aromatic rings. The number of hydrogen-bond acceptors (Lipinski definition) is 6. The van der Waals surface area contributed by atoms with Crippen molar-refractivity contribution in [3.05, 3.63) is 33.2 Å². The molecule has 102 valence electrons. The predicted molar refractivity (Wildman–Crippen MR) is 67.5 cm³/mol. The zero-order valence-electron chi connectivity index (χ0n) is 9.70. The molecule has 0 aromatic carbocycles. The second kappa shape index (κ2) is 5.60. The molecule has 0 bridgehead atoms. The van der Waals surface area contributed by atoms with Crippen LogP contribution in [0.5, 0.6) is 0 Å². The summed E-state index contributed by atoms with van der Waals surface area (Å²) in [6.07, 6.45) is 0.499. The number of aliphatic hydroxyl groups is 2. The SMILES string of the molecule is [N-]=[N+]=N[C@H]1[C@H](O)[C@@H](CO)[Se][C@H]1n1ccc(N)nc1=O. The first-order valence-electron chi connectivity index (χ1n) is 5.41. The topological polar surface area (TPSA) is 150 Å². The Morgan fingerprint density at radius 1 is 1.68 bits per heavy atom. The van der Waals surface area contributed by atoms with Crippen molar-refractivity contribution in [3.8, 4) is 0 Å². The molecular weight excluding hydrogens is 319 g/mol. The summed E-state index contributed by atoms with van der Waals surface area (Å²) >= 11 is -0.297. The van der Waals surface area contributed by atoms with Crippen LogP contribution >= 0.6 is 0 Å². The summed E-state index contributed by atoms with van der Waals surface area (Å²) in [4.78, 5) is 17.2. The first-order chi connectivity index (χ1) is 9.08. The Morgan fingerprint density at radius 2 is 2.42 bits per heavy atom. The van der Waals surface area contributed by atoms with Crippen LogP contribution in [-0.2, 0) is 0 Å². The third-order valence-corrected chi connectivity index (χ3v) is 6.11. The van der Waals surface area contributed by atoms with Gasteiger partial charge in [0.2, 0.25) is 0 Å². The quantitative estimate of drug-likeness (QED) is 0.277. The van der Waals surface area contributed by atoms with Crippen molar-refractivity contribution >= 4 is 20.8 Å². The second-order valence-corrected chi connectivity index (χ2v) is 6.83. The molecule has 0 unspecified atom stereocenters. The molecule has 0 saturated carbocycles. The maximum absolute atomic E-state index is 11.8. The van der Waals surface area contributed by atoms with Gasteiger partial charge in [-0.3, -0.25) is 0 Å². The predicted octanol–water partition coefficient (Wildman–Crippen LogP) is -1.14. The van der Waals surface area contributed by atoms with Gasteiger partial charge in [0.25, 0.3) is 0 Å². The summed E-state index contributed by atoms with van der Waals surface area (Å²) < 4.78 is 1.30. The Balaban J connectivity index is 2.41. The molecule has 10 heteroatoms. The molecule has 4 N–H and O–H groups in total. The first-order valence-corrected chi connectivity index (χ1v) is 7.39. The fourth-order valence-corrected chi connectivity index (χ4v) is 4.92. The van der Waals surface area contributed by atoms with Crippen molar-refractivity contribution < 1.29 is 10.2 Å². The monoisotopic (exact) mass is 332 g/mol. The minimum absolute atomic E-state index is 0.103. The molecule has 9 nitrogen and oxygen atoms in total. The standard InChI is InChI=1S/C9H12N6O3Se/c10-5-1-2-15(9(18)12-5)8-6(13-14-11)7(17)4(3-16)19-8/h1-2,4,6-8,16-17H,3H2,(H2,10,12,18)/t4-,6+,7-,8-/m1/s1. The van der Waals surface area contributed by atoms with Crippen molar-refractivity contribution in [2.24, 2.45) is 5.11 Å². The Hall–Kier alpha value is -1.57. The third kappa shape index (κ3) is 2.58. The molecule has 19 heavy (non-hydrogen) atoms. The van der Waals surface area contributed by atoms with Crippen LogP contribution in [0.4, 0.5) is 5.82 Å². The Morgan fingerprint density at radius 3 is 3.00 bits per heavy atom. The summed E-state index contributed by atoms with van der Waals surface area (Å²) in [7, 11) is 0. The van der Waals surface area contributed by atoms with Crippen LogP contribution in [0, 0.1) is 0 Å². The fourth-order valence-electron chi connectivity index (χ4n) is 1.91. The zero-order chi connectivity index (χ0) is 14.0. The van der Waals surface area contributed by atoms with Crippen molar-refractivity contribution in [3.63, 3.8) is 0 Å². The molecule has 0 radical (unpaired) electrons. The van der Waals surface area contributed by atoms with Gasteiger partial charge >= 0.3 is 113 Å². The van der Waals surface area contributed by atoms with E-state index in [0.29, 0.717) is 0 Å². The number of aliphatic hydroxyl groups excluding tert-OH is 2. The van der Waals surface area contributed by atoms with Gasteiger partial charge in [-0.05, 0) is 0 Å². The zero-order valence-corrected chi connectivity index (χ0v) is 11.4. The average molecular weight is 331 g/mol. The normalized spacial score (nSPS) is 30.0. The number of nitrogen functional groups attached to an aromatic ring is 1. The van der Waals surface area contributed by atoms with Gasteiger partial charge in [0.1, 0.15) is 0 Å². The Labute approximate surface area is 113 Å². The van der Waals surface area contributed by atoms with Gasteiger partial charge < -0.3 is 0 Å². The molecule has 2 rings (SSSR count). The molecule has 1 saturated heterocycles. The van der Waals surface area contributed by atoms with Gasteiger partial charge in [-0.15, -0.1) is 0 Å². The summed E-state index contributed by atoms with van der Waals surface area (Å²) in [6.45, 7) is -0.216. The van der Waals surface area contributed by atoms with Crippen LogP contribution in [0.25, 0.3) is 10.4 Å². The molecule has 1 aliphatic heterocycles. The fraction of sp³-hybridized carbons (Fsp3) is 0.556. The van der Waals surface area contributed by atoms with Crippen LogP contribution in [-0.4, -0.2) is 53.5 Å². The van der Waals surface area contributed by atoms with Gasteiger partial charge in [0.15, 0.2) is 0 Å².